The largest absolute Gasteiger partial charge is 0.304 e. The van der Waals surface area contributed by atoms with Gasteiger partial charge in [-0.3, -0.25) is 9.59 Å². The number of rotatable bonds is 3. The van der Waals surface area contributed by atoms with Crippen molar-refractivity contribution >= 4 is 22.5 Å². The van der Waals surface area contributed by atoms with E-state index in [1.807, 2.05) is 30.3 Å². The molecule has 1 amide bonds. The van der Waals surface area contributed by atoms with E-state index < -0.39 is 5.91 Å². The molecule has 2 N–H and O–H groups in total. The second kappa shape index (κ2) is 6.04. The van der Waals surface area contributed by atoms with Crippen LogP contribution in [0.4, 0.5) is 5.82 Å². The van der Waals surface area contributed by atoms with Gasteiger partial charge < -0.3 is 5.32 Å². The lowest BCUT2D eigenvalue weighted by Crippen LogP contribution is -2.19. The molecule has 122 valence electrons. The highest BCUT2D eigenvalue weighted by Crippen LogP contribution is 2.15. The Hall–Kier alpha value is -3.74. The molecule has 25 heavy (non-hydrogen) atoms. The highest BCUT2D eigenvalue weighted by Gasteiger charge is 2.15. The molecule has 2 heterocycles. The monoisotopic (exact) mass is 331 g/mol. The third-order valence-electron chi connectivity index (χ3n) is 3.76. The molecule has 2 aromatic carbocycles. The van der Waals surface area contributed by atoms with E-state index in [0.29, 0.717) is 16.6 Å². The van der Waals surface area contributed by atoms with E-state index in [-0.39, 0.29) is 11.3 Å². The minimum absolute atomic E-state index is 0.143. The lowest BCUT2D eigenvalue weighted by molar-refractivity contribution is 0.102. The van der Waals surface area contributed by atoms with Crippen molar-refractivity contribution in [3.8, 4) is 5.69 Å². The normalized spacial score (nSPS) is 10.7. The first-order valence-corrected chi connectivity index (χ1v) is 7.62. The summed E-state index contributed by atoms with van der Waals surface area (Å²) in [6.07, 6.45) is 1.75. The summed E-state index contributed by atoms with van der Waals surface area (Å²) in [5, 5.41) is 14.2. The zero-order valence-electron chi connectivity index (χ0n) is 13.0. The van der Waals surface area contributed by atoms with Gasteiger partial charge in [-0.2, -0.15) is 10.2 Å². The number of hydrogen-bond acceptors (Lipinski definition) is 4. The minimum atomic E-state index is -0.439. The second-order valence-electron chi connectivity index (χ2n) is 5.38. The number of H-pyrrole nitrogens is 1. The first-order valence-electron chi connectivity index (χ1n) is 7.62. The van der Waals surface area contributed by atoms with Crippen molar-refractivity contribution in [3.05, 3.63) is 82.9 Å². The Labute approximate surface area is 141 Å². The van der Waals surface area contributed by atoms with Crippen LogP contribution in [-0.2, 0) is 0 Å². The van der Waals surface area contributed by atoms with Crippen LogP contribution in [-0.4, -0.2) is 25.9 Å². The van der Waals surface area contributed by atoms with Gasteiger partial charge in [0.05, 0.1) is 11.1 Å². The van der Waals surface area contributed by atoms with Gasteiger partial charge in [-0.05, 0) is 18.2 Å². The lowest BCUT2D eigenvalue weighted by Gasteiger charge is -2.05. The van der Waals surface area contributed by atoms with E-state index in [1.165, 1.54) is 0 Å². The van der Waals surface area contributed by atoms with Gasteiger partial charge in [0.15, 0.2) is 11.5 Å². The third-order valence-corrected chi connectivity index (χ3v) is 3.76. The van der Waals surface area contributed by atoms with Crippen molar-refractivity contribution in [2.24, 2.45) is 0 Å². The molecule has 0 saturated carbocycles. The zero-order chi connectivity index (χ0) is 17.2. The van der Waals surface area contributed by atoms with E-state index in [0.717, 1.165) is 5.69 Å². The molecule has 0 aliphatic rings. The number of benzene rings is 2. The quantitative estimate of drug-likeness (QED) is 0.603. The van der Waals surface area contributed by atoms with Crippen LogP contribution in [0.15, 0.2) is 71.7 Å². The maximum Gasteiger partial charge on any atom is 0.277 e. The van der Waals surface area contributed by atoms with Gasteiger partial charge in [-0.25, -0.2) is 9.78 Å². The predicted molar refractivity (Wildman–Crippen MR) is 93.9 cm³/mol. The maximum absolute atomic E-state index is 12.5. The van der Waals surface area contributed by atoms with E-state index >= 15 is 0 Å². The summed E-state index contributed by atoms with van der Waals surface area (Å²) >= 11 is 0. The summed E-state index contributed by atoms with van der Waals surface area (Å²) < 4.78 is 1.66. The van der Waals surface area contributed by atoms with Crippen LogP contribution in [0.3, 0.4) is 0 Å². The maximum atomic E-state index is 12.5. The molecule has 0 saturated heterocycles. The topological polar surface area (TPSA) is 92.7 Å². The first-order chi connectivity index (χ1) is 12.2. The molecule has 0 aliphatic carbocycles. The van der Waals surface area contributed by atoms with Gasteiger partial charge >= 0.3 is 0 Å². The van der Waals surface area contributed by atoms with Crippen molar-refractivity contribution in [3.63, 3.8) is 0 Å². The van der Waals surface area contributed by atoms with Crippen LogP contribution in [0.2, 0.25) is 0 Å². The summed E-state index contributed by atoms with van der Waals surface area (Å²) in [5.74, 6) is -0.0447. The molecular formula is C18H13N5O2. The molecule has 7 nitrogen and oxygen atoms in total. The minimum Gasteiger partial charge on any atom is -0.304 e. The van der Waals surface area contributed by atoms with Gasteiger partial charge in [-0.15, -0.1) is 0 Å². The van der Waals surface area contributed by atoms with Crippen molar-refractivity contribution in [1.82, 2.24) is 20.0 Å². The Kier molecular flexibility index (Phi) is 3.59. The highest BCUT2D eigenvalue weighted by atomic mass is 16.2. The number of aromatic amines is 1. The molecule has 7 heteroatoms. The highest BCUT2D eigenvalue weighted by molar-refractivity contribution is 6.10. The fourth-order valence-corrected chi connectivity index (χ4v) is 2.58. The number of para-hydroxylation sites is 1. The van der Waals surface area contributed by atoms with Crippen LogP contribution in [0.5, 0.6) is 0 Å². The Morgan fingerprint density at radius 2 is 1.68 bits per heavy atom. The second-order valence-corrected chi connectivity index (χ2v) is 5.38. The summed E-state index contributed by atoms with van der Waals surface area (Å²) in [7, 11) is 0. The number of hydrogen-bond donors (Lipinski definition) is 2. The summed E-state index contributed by atoms with van der Waals surface area (Å²) in [5.41, 5.74) is 0.695. The Bertz CT molecular complexity index is 1110. The summed E-state index contributed by atoms with van der Waals surface area (Å²) in [6.45, 7) is 0. The van der Waals surface area contributed by atoms with Gasteiger partial charge in [-0.1, -0.05) is 36.4 Å². The average Bonchev–Trinajstić information content (AvgIpc) is 3.11. The molecule has 0 spiro atoms. The van der Waals surface area contributed by atoms with Crippen molar-refractivity contribution in [1.29, 1.82) is 0 Å². The predicted octanol–water partition coefficient (Wildman–Crippen LogP) is 2.36. The van der Waals surface area contributed by atoms with Crippen molar-refractivity contribution in [2.45, 2.75) is 0 Å². The molecule has 4 aromatic rings. The Morgan fingerprint density at radius 3 is 2.48 bits per heavy atom. The van der Waals surface area contributed by atoms with Gasteiger partial charge in [0.25, 0.3) is 11.5 Å². The number of nitrogens with zero attached hydrogens (tertiary/aromatic N) is 3. The molecule has 4 rings (SSSR count). The molecule has 0 aliphatic heterocycles. The number of carbonyl (C=O) groups is 1. The van der Waals surface area contributed by atoms with Crippen LogP contribution in [0.1, 0.15) is 10.5 Å². The molecule has 0 unspecified atom stereocenters. The number of anilines is 1. The van der Waals surface area contributed by atoms with Gasteiger partial charge in [0, 0.05) is 17.6 Å². The van der Waals surface area contributed by atoms with E-state index in [9.17, 15) is 9.59 Å². The Balaban J connectivity index is 1.64. The lowest BCUT2D eigenvalue weighted by atomic mass is 10.1. The molecule has 0 radical (unpaired) electrons. The van der Waals surface area contributed by atoms with Gasteiger partial charge in [0.2, 0.25) is 0 Å². The molecule has 0 fully saturated rings. The first kappa shape index (κ1) is 14.8. The van der Waals surface area contributed by atoms with Crippen molar-refractivity contribution < 1.29 is 4.79 Å². The number of fused-ring (bicyclic) bond motifs is 1. The average molecular weight is 331 g/mol. The number of aromatic nitrogens is 4. The number of carbonyl (C=O) groups excluding carboxylic acids is 1. The molecular weight excluding hydrogens is 318 g/mol. The molecule has 2 aromatic heterocycles. The molecule has 0 atom stereocenters. The van der Waals surface area contributed by atoms with Crippen LogP contribution >= 0.6 is 0 Å². The summed E-state index contributed by atoms with van der Waals surface area (Å²) in [6, 6.07) is 18.1. The fourth-order valence-electron chi connectivity index (χ4n) is 2.58. The summed E-state index contributed by atoms with van der Waals surface area (Å²) in [4.78, 5) is 24.3. The smallest absolute Gasteiger partial charge is 0.277 e. The number of amides is 1. The van der Waals surface area contributed by atoms with E-state index in [2.05, 4.69) is 20.6 Å². The molecule has 0 bridgehead atoms. The van der Waals surface area contributed by atoms with Crippen LogP contribution < -0.4 is 10.9 Å². The van der Waals surface area contributed by atoms with E-state index in [1.54, 1.807) is 41.2 Å². The standard InChI is InChI=1S/C18H13N5O2/c24-17-14-9-5-4-8-13(14)16(20-21-17)18(25)19-15-10-11-23(22-15)12-6-2-1-3-7-12/h1-11H,(H,21,24)(H,19,22,25). The SMILES string of the molecule is O=C(Nc1ccn(-c2ccccc2)n1)c1n[nH]c(=O)c2ccccc12. The van der Waals surface area contributed by atoms with Crippen LogP contribution in [0, 0.1) is 0 Å². The van der Waals surface area contributed by atoms with Crippen molar-refractivity contribution in [2.75, 3.05) is 5.32 Å². The van der Waals surface area contributed by atoms with E-state index in [4.69, 9.17) is 0 Å². The fraction of sp³-hybridized carbons (Fsp3) is 0. The number of nitrogens with one attached hydrogen (secondary N) is 2. The third kappa shape index (κ3) is 2.78. The Morgan fingerprint density at radius 1 is 0.960 bits per heavy atom. The zero-order valence-corrected chi connectivity index (χ0v) is 13.0. The van der Waals surface area contributed by atoms with Crippen LogP contribution in [0.25, 0.3) is 16.5 Å². The van der Waals surface area contributed by atoms with Gasteiger partial charge in [0.1, 0.15) is 0 Å².